The maximum absolute atomic E-state index is 12.3. The minimum atomic E-state index is -0.507. The summed E-state index contributed by atoms with van der Waals surface area (Å²) in [4.78, 5) is 17.6. The monoisotopic (exact) mass is 363 g/mol. The number of hydrogen-bond donors (Lipinski definition) is 0. The highest BCUT2D eigenvalue weighted by atomic mass is 32.2. The number of ether oxygens (including phenoxy) is 1. The van der Waals surface area contributed by atoms with E-state index in [-0.39, 0.29) is 5.97 Å². The molecule has 4 rings (SSSR count). The van der Waals surface area contributed by atoms with Crippen LogP contribution in [0.3, 0.4) is 0 Å². The van der Waals surface area contributed by atoms with Gasteiger partial charge in [-0.15, -0.1) is 11.8 Å². The maximum Gasteiger partial charge on any atom is 0.322 e. The number of rotatable bonds is 4. The van der Waals surface area contributed by atoms with Crippen LogP contribution in [0.5, 0.6) is 0 Å². The number of methoxy groups -OCH3 is 1. The molecule has 3 aromatic rings. The van der Waals surface area contributed by atoms with Crippen LogP contribution in [0.2, 0.25) is 0 Å². The van der Waals surface area contributed by atoms with E-state index in [2.05, 4.69) is 11.1 Å². The fourth-order valence-electron chi connectivity index (χ4n) is 3.36. The highest BCUT2D eigenvalue weighted by molar-refractivity contribution is 8.01. The van der Waals surface area contributed by atoms with Crippen LogP contribution in [0.25, 0.3) is 16.8 Å². The second-order valence-electron chi connectivity index (χ2n) is 6.32. The van der Waals surface area contributed by atoms with Crippen LogP contribution in [-0.2, 0) is 9.53 Å². The molecule has 1 aliphatic rings. The molecular formula is C20H17N3O2S. The molecule has 3 aromatic heterocycles. The zero-order chi connectivity index (χ0) is 18.1. The molecule has 5 nitrogen and oxygen atoms in total. The lowest BCUT2D eigenvalue weighted by Crippen LogP contribution is -2.42. The van der Waals surface area contributed by atoms with Crippen LogP contribution in [0.1, 0.15) is 24.8 Å². The normalized spacial score (nSPS) is 15.2. The Hall–Kier alpha value is -2.78. The molecule has 130 valence electrons. The van der Waals surface area contributed by atoms with Gasteiger partial charge in [-0.3, -0.25) is 9.78 Å². The molecule has 0 bridgehead atoms. The number of esters is 1. The van der Waals surface area contributed by atoms with Gasteiger partial charge in [0.1, 0.15) is 10.8 Å². The summed E-state index contributed by atoms with van der Waals surface area (Å²) in [5, 5.41) is 9.32. The average Bonchev–Trinajstić information content (AvgIpc) is 3.13. The first-order chi connectivity index (χ1) is 12.7. The van der Waals surface area contributed by atoms with Crippen LogP contribution in [0, 0.1) is 11.3 Å². The SMILES string of the molecule is COC(=O)C1(Sc2ccncc2-c2ccc(C#N)c3cccn23)CCC1. The number of carbonyl (C=O) groups excluding carboxylic acids is 1. The highest BCUT2D eigenvalue weighted by Crippen LogP contribution is 2.50. The van der Waals surface area contributed by atoms with Crippen LogP contribution < -0.4 is 0 Å². The number of fused-ring (bicyclic) bond motifs is 1. The van der Waals surface area contributed by atoms with Crippen molar-refractivity contribution in [1.29, 1.82) is 5.26 Å². The first-order valence-electron chi connectivity index (χ1n) is 8.40. The summed E-state index contributed by atoms with van der Waals surface area (Å²) in [5.41, 5.74) is 3.37. The molecule has 0 saturated heterocycles. The Morgan fingerprint density at radius 2 is 2.19 bits per heavy atom. The fraction of sp³-hybridized carbons (Fsp3) is 0.250. The first kappa shape index (κ1) is 16.7. The van der Waals surface area contributed by atoms with Crippen molar-refractivity contribution >= 4 is 23.2 Å². The second-order valence-corrected chi connectivity index (χ2v) is 7.75. The van der Waals surface area contributed by atoms with Crippen LogP contribution in [0.15, 0.2) is 53.8 Å². The Balaban J connectivity index is 1.82. The molecule has 26 heavy (non-hydrogen) atoms. The number of thioether (sulfide) groups is 1. The number of nitriles is 1. The van der Waals surface area contributed by atoms with Gasteiger partial charge in [0.15, 0.2) is 0 Å². The number of aromatic nitrogens is 2. The van der Waals surface area contributed by atoms with E-state index < -0.39 is 4.75 Å². The van der Waals surface area contributed by atoms with Gasteiger partial charge in [-0.25, -0.2) is 0 Å². The molecule has 0 aliphatic heterocycles. The third kappa shape index (κ3) is 2.56. The van der Waals surface area contributed by atoms with E-state index in [9.17, 15) is 10.1 Å². The van der Waals surface area contributed by atoms with Crippen molar-refractivity contribution in [2.75, 3.05) is 7.11 Å². The molecule has 1 saturated carbocycles. The minimum Gasteiger partial charge on any atom is -0.468 e. The quantitative estimate of drug-likeness (QED) is 0.654. The third-order valence-electron chi connectivity index (χ3n) is 4.89. The summed E-state index contributed by atoms with van der Waals surface area (Å²) in [6, 6.07) is 11.8. The van der Waals surface area contributed by atoms with Gasteiger partial charge >= 0.3 is 5.97 Å². The number of hydrogen-bond acceptors (Lipinski definition) is 5. The van der Waals surface area contributed by atoms with Gasteiger partial charge in [0, 0.05) is 29.0 Å². The van der Waals surface area contributed by atoms with E-state index >= 15 is 0 Å². The Bertz CT molecular complexity index is 1030. The van der Waals surface area contributed by atoms with Crippen molar-refractivity contribution in [3.63, 3.8) is 0 Å². The molecule has 0 aromatic carbocycles. The average molecular weight is 363 g/mol. The van der Waals surface area contributed by atoms with E-state index in [0.717, 1.165) is 40.9 Å². The first-order valence-corrected chi connectivity index (χ1v) is 9.22. The predicted octanol–water partition coefficient (Wildman–Crippen LogP) is 4.06. The van der Waals surface area contributed by atoms with Crippen LogP contribution >= 0.6 is 11.8 Å². The zero-order valence-electron chi connectivity index (χ0n) is 14.3. The summed E-state index contributed by atoms with van der Waals surface area (Å²) >= 11 is 1.56. The van der Waals surface area contributed by atoms with Crippen molar-refractivity contribution < 1.29 is 9.53 Å². The molecule has 0 N–H and O–H groups in total. The van der Waals surface area contributed by atoms with Gasteiger partial charge in [0.05, 0.1) is 23.9 Å². The van der Waals surface area contributed by atoms with Gasteiger partial charge in [-0.2, -0.15) is 5.26 Å². The van der Waals surface area contributed by atoms with Crippen molar-refractivity contribution in [3.05, 3.63) is 54.5 Å². The van der Waals surface area contributed by atoms with Crippen molar-refractivity contribution in [3.8, 4) is 17.3 Å². The van der Waals surface area contributed by atoms with E-state index in [0.29, 0.717) is 5.56 Å². The molecule has 6 heteroatoms. The van der Waals surface area contributed by atoms with Crippen molar-refractivity contribution in [1.82, 2.24) is 9.38 Å². The molecule has 1 fully saturated rings. The Labute approximate surface area is 155 Å². The Kier molecular flexibility index (Phi) is 4.17. The standard InChI is InChI=1S/C20H17N3O2S/c1-25-19(24)20(8-3-9-20)26-18-7-10-22-13-15(18)17-6-5-14(12-21)16-4-2-11-23(16)17/h2,4-7,10-11,13H,3,8-9H2,1H3. The number of carbonyl (C=O) groups is 1. The van der Waals surface area contributed by atoms with Crippen molar-refractivity contribution in [2.24, 2.45) is 0 Å². The molecule has 0 atom stereocenters. The fourth-order valence-corrected chi connectivity index (χ4v) is 4.83. The Morgan fingerprint density at radius 1 is 1.35 bits per heavy atom. The minimum absolute atomic E-state index is 0.164. The van der Waals surface area contributed by atoms with E-state index in [1.54, 1.807) is 18.0 Å². The second kappa shape index (κ2) is 6.50. The van der Waals surface area contributed by atoms with Crippen LogP contribution in [-0.4, -0.2) is 27.2 Å². The summed E-state index contributed by atoms with van der Waals surface area (Å²) in [5.74, 6) is -0.164. The van der Waals surface area contributed by atoms with Gasteiger partial charge < -0.3 is 9.14 Å². The lowest BCUT2D eigenvalue weighted by molar-refractivity contribution is -0.145. The predicted molar refractivity (Wildman–Crippen MR) is 99.8 cm³/mol. The van der Waals surface area contributed by atoms with Crippen LogP contribution in [0.4, 0.5) is 0 Å². The van der Waals surface area contributed by atoms with E-state index in [1.165, 1.54) is 7.11 Å². The molecule has 3 heterocycles. The number of nitrogens with zero attached hydrogens (tertiary/aromatic N) is 3. The smallest absolute Gasteiger partial charge is 0.322 e. The maximum atomic E-state index is 12.3. The highest BCUT2D eigenvalue weighted by Gasteiger charge is 2.46. The summed E-state index contributed by atoms with van der Waals surface area (Å²) in [7, 11) is 1.44. The molecule has 0 unspecified atom stereocenters. The molecule has 0 spiro atoms. The van der Waals surface area contributed by atoms with E-state index in [4.69, 9.17) is 4.74 Å². The summed E-state index contributed by atoms with van der Waals surface area (Å²) < 4.78 is 6.53. The summed E-state index contributed by atoms with van der Waals surface area (Å²) in [6.07, 6.45) is 8.16. The van der Waals surface area contributed by atoms with Gasteiger partial charge in [0.2, 0.25) is 0 Å². The third-order valence-corrected chi connectivity index (χ3v) is 6.44. The van der Waals surface area contributed by atoms with Gasteiger partial charge in [-0.1, -0.05) is 0 Å². The van der Waals surface area contributed by atoms with Gasteiger partial charge in [-0.05, 0) is 49.6 Å². The lowest BCUT2D eigenvalue weighted by atomic mass is 9.84. The molecular weight excluding hydrogens is 346 g/mol. The summed E-state index contributed by atoms with van der Waals surface area (Å²) in [6.45, 7) is 0. The van der Waals surface area contributed by atoms with E-state index in [1.807, 2.05) is 47.1 Å². The molecule has 0 amide bonds. The Morgan fingerprint density at radius 3 is 2.88 bits per heavy atom. The molecule has 1 aliphatic carbocycles. The van der Waals surface area contributed by atoms with Crippen molar-refractivity contribution in [2.45, 2.75) is 28.9 Å². The topological polar surface area (TPSA) is 67.4 Å². The van der Waals surface area contributed by atoms with Gasteiger partial charge in [0.25, 0.3) is 0 Å². The zero-order valence-corrected chi connectivity index (χ0v) is 15.1. The lowest BCUT2D eigenvalue weighted by Gasteiger charge is -2.38. The largest absolute Gasteiger partial charge is 0.468 e. The number of pyridine rings is 2. The molecule has 0 radical (unpaired) electrons.